The number of rotatable bonds is 10. The van der Waals surface area contributed by atoms with Gasteiger partial charge >= 0.3 is 18.0 Å². The van der Waals surface area contributed by atoms with E-state index in [0.717, 1.165) is 27.6 Å². The number of imide groups is 1. The molecule has 0 aromatic heterocycles. The lowest BCUT2D eigenvalue weighted by Crippen LogP contribution is -2.64. The molecule has 0 spiro atoms. The van der Waals surface area contributed by atoms with Gasteiger partial charge in [-0.1, -0.05) is 72.8 Å². The van der Waals surface area contributed by atoms with Crippen molar-refractivity contribution in [3.63, 3.8) is 0 Å². The Morgan fingerprint density at radius 2 is 1.33 bits per heavy atom. The van der Waals surface area contributed by atoms with Crippen LogP contribution >= 0.6 is 0 Å². The first-order chi connectivity index (χ1) is 22.3. The molecule has 2 aliphatic heterocycles. The predicted molar refractivity (Wildman–Crippen MR) is 161 cm³/mol. The quantitative estimate of drug-likeness (QED) is 0.186. The van der Waals surface area contributed by atoms with E-state index in [9.17, 15) is 28.8 Å². The van der Waals surface area contributed by atoms with Gasteiger partial charge in [0.05, 0.1) is 18.2 Å². The van der Waals surface area contributed by atoms with Crippen LogP contribution in [0.15, 0.2) is 84.9 Å². The molecule has 12 heteroatoms. The highest BCUT2D eigenvalue weighted by Gasteiger charge is 2.49. The van der Waals surface area contributed by atoms with Crippen molar-refractivity contribution in [3.05, 3.63) is 107 Å². The van der Waals surface area contributed by atoms with Gasteiger partial charge in [0.1, 0.15) is 19.3 Å². The first kappa shape index (κ1) is 31.9. The van der Waals surface area contributed by atoms with Gasteiger partial charge in [0.15, 0.2) is 6.04 Å². The molecule has 0 bridgehead atoms. The lowest BCUT2D eigenvalue weighted by molar-refractivity contribution is -0.175. The zero-order valence-corrected chi connectivity index (χ0v) is 25.2. The normalized spacial score (nSPS) is 16.5. The van der Waals surface area contributed by atoms with Gasteiger partial charge in [-0.3, -0.25) is 24.1 Å². The lowest BCUT2D eigenvalue weighted by atomic mass is 10.0. The van der Waals surface area contributed by atoms with Crippen LogP contribution < -0.4 is 0 Å². The standard InChI is InChI=1S/C34H33N3O9/c1-44-33(42)28-17-10-20-35(34(43)46-22-24-13-6-3-7-14-24)37(28)32(41)27(18-19-29(38)45-21-23-11-4-2-5-12-23)36-30(39)25-15-8-9-16-26(25)31(36)40/h2-9,11-16,27-28H,10,17-22H2,1H3/t27-,28+/m1/s1. The minimum absolute atomic E-state index is 0.0110. The summed E-state index contributed by atoms with van der Waals surface area (Å²) in [4.78, 5) is 81.6. The van der Waals surface area contributed by atoms with E-state index in [2.05, 4.69) is 0 Å². The summed E-state index contributed by atoms with van der Waals surface area (Å²) in [5.41, 5.74) is 1.65. The Hall–Kier alpha value is -5.52. The van der Waals surface area contributed by atoms with Crippen molar-refractivity contribution in [3.8, 4) is 0 Å². The molecule has 1 fully saturated rings. The molecule has 3 aromatic carbocycles. The maximum absolute atomic E-state index is 14.5. The predicted octanol–water partition coefficient (Wildman–Crippen LogP) is 3.89. The molecule has 2 heterocycles. The Morgan fingerprint density at radius 3 is 1.89 bits per heavy atom. The number of hydrogen-bond acceptors (Lipinski definition) is 9. The Bertz CT molecular complexity index is 1580. The minimum atomic E-state index is -1.56. The zero-order valence-electron chi connectivity index (χ0n) is 25.2. The van der Waals surface area contributed by atoms with Crippen LogP contribution in [-0.2, 0) is 41.8 Å². The Balaban J connectivity index is 1.43. The van der Waals surface area contributed by atoms with Crippen LogP contribution in [-0.4, -0.2) is 76.4 Å². The third kappa shape index (κ3) is 6.90. The molecule has 0 radical (unpaired) electrons. The second kappa shape index (κ2) is 14.5. The average Bonchev–Trinajstić information content (AvgIpc) is 3.35. The van der Waals surface area contributed by atoms with Gasteiger partial charge in [-0.05, 0) is 42.5 Å². The lowest BCUT2D eigenvalue weighted by Gasteiger charge is -2.43. The van der Waals surface area contributed by atoms with Gasteiger partial charge < -0.3 is 14.2 Å². The number of benzene rings is 3. The summed E-state index contributed by atoms with van der Waals surface area (Å²) in [6, 6.07) is 21.2. The minimum Gasteiger partial charge on any atom is -0.467 e. The van der Waals surface area contributed by atoms with Crippen molar-refractivity contribution in [2.24, 2.45) is 0 Å². The molecule has 3 aromatic rings. The van der Waals surface area contributed by atoms with E-state index in [1.165, 1.54) is 12.1 Å². The average molecular weight is 628 g/mol. The highest BCUT2D eigenvalue weighted by atomic mass is 16.6. The molecule has 46 heavy (non-hydrogen) atoms. The molecule has 0 aliphatic carbocycles. The molecule has 2 atom stereocenters. The summed E-state index contributed by atoms with van der Waals surface area (Å²) in [7, 11) is 1.15. The molecule has 0 unspecified atom stereocenters. The molecular weight excluding hydrogens is 594 g/mol. The van der Waals surface area contributed by atoms with E-state index >= 15 is 0 Å². The summed E-state index contributed by atoms with van der Waals surface area (Å²) in [6.07, 6.45) is -1.09. The van der Waals surface area contributed by atoms with Crippen LogP contribution in [0, 0.1) is 0 Å². The molecule has 4 amide bonds. The summed E-state index contributed by atoms with van der Waals surface area (Å²) in [5, 5.41) is 1.90. The second-order valence-electron chi connectivity index (χ2n) is 10.8. The first-order valence-corrected chi connectivity index (χ1v) is 14.9. The fraction of sp³-hybridized carbons (Fsp3) is 0.294. The van der Waals surface area contributed by atoms with Crippen LogP contribution in [0.5, 0.6) is 0 Å². The van der Waals surface area contributed by atoms with Crippen LogP contribution in [0.2, 0.25) is 0 Å². The molecule has 5 rings (SSSR count). The van der Waals surface area contributed by atoms with Gasteiger partial charge in [0.25, 0.3) is 17.7 Å². The Kier molecular flexibility index (Phi) is 10.1. The van der Waals surface area contributed by atoms with Crippen LogP contribution in [0.4, 0.5) is 4.79 Å². The SMILES string of the molecule is COC(=O)[C@@H]1CCCN(C(=O)OCc2ccccc2)N1C(=O)[C@@H](CCC(=O)OCc1ccccc1)N1C(=O)c2ccccc2C1=O. The number of carbonyl (C=O) groups excluding carboxylic acids is 6. The Morgan fingerprint density at radius 1 is 0.783 bits per heavy atom. The Labute approximate surface area is 265 Å². The monoisotopic (exact) mass is 627 g/mol. The van der Waals surface area contributed by atoms with Crippen molar-refractivity contribution in [2.75, 3.05) is 13.7 Å². The molecule has 0 N–H and O–H groups in total. The molecule has 12 nitrogen and oxygen atoms in total. The largest absolute Gasteiger partial charge is 0.467 e. The number of hydrogen-bond donors (Lipinski definition) is 0. The third-order valence-electron chi connectivity index (χ3n) is 7.80. The highest BCUT2D eigenvalue weighted by Crippen LogP contribution is 2.30. The van der Waals surface area contributed by atoms with Crippen LogP contribution in [0.25, 0.3) is 0 Å². The van der Waals surface area contributed by atoms with Crippen molar-refractivity contribution >= 4 is 35.8 Å². The molecule has 2 aliphatic rings. The van der Waals surface area contributed by atoms with Crippen LogP contribution in [0.1, 0.15) is 57.5 Å². The number of hydrazine groups is 1. The van der Waals surface area contributed by atoms with Crippen molar-refractivity contribution < 1.29 is 43.0 Å². The van der Waals surface area contributed by atoms with E-state index < -0.39 is 47.8 Å². The fourth-order valence-corrected chi connectivity index (χ4v) is 5.50. The number of ether oxygens (including phenoxy) is 3. The molecular formula is C34H33N3O9. The van der Waals surface area contributed by atoms with Crippen molar-refractivity contribution in [1.29, 1.82) is 0 Å². The first-order valence-electron chi connectivity index (χ1n) is 14.9. The van der Waals surface area contributed by atoms with E-state index in [1.54, 1.807) is 60.7 Å². The van der Waals surface area contributed by atoms with Gasteiger partial charge in [0, 0.05) is 13.0 Å². The number of amides is 4. The van der Waals surface area contributed by atoms with Gasteiger partial charge in [0.2, 0.25) is 0 Å². The summed E-state index contributed by atoms with van der Waals surface area (Å²) < 4.78 is 15.8. The topological polar surface area (TPSA) is 140 Å². The van der Waals surface area contributed by atoms with Gasteiger partial charge in [-0.25, -0.2) is 19.6 Å². The van der Waals surface area contributed by atoms with E-state index in [4.69, 9.17) is 14.2 Å². The van der Waals surface area contributed by atoms with Crippen LogP contribution in [0.3, 0.4) is 0 Å². The number of nitrogens with zero attached hydrogens (tertiary/aromatic N) is 3. The maximum Gasteiger partial charge on any atom is 0.429 e. The number of fused-ring (bicyclic) bond motifs is 1. The summed E-state index contributed by atoms with van der Waals surface area (Å²) in [6.45, 7) is -0.0973. The fourth-order valence-electron chi connectivity index (χ4n) is 5.50. The summed E-state index contributed by atoms with van der Waals surface area (Å²) in [5.74, 6) is -3.85. The molecule has 1 saturated heterocycles. The maximum atomic E-state index is 14.5. The number of methoxy groups -OCH3 is 1. The van der Waals surface area contributed by atoms with Gasteiger partial charge in [-0.2, -0.15) is 0 Å². The number of esters is 2. The second-order valence-corrected chi connectivity index (χ2v) is 10.8. The van der Waals surface area contributed by atoms with E-state index in [1.807, 2.05) is 12.1 Å². The van der Waals surface area contributed by atoms with E-state index in [-0.39, 0.29) is 50.1 Å². The van der Waals surface area contributed by atoms with Gasteiger partial charge in [-0.15, -0.1) is 0 Å². The number of carbonyl (C=O) groups is 6. The molecule has 238 valence electrons. The smallest absolute Gasteiger partial charge is 0.429 e. The third-order valence-corrected chi connectivity index (χ3v) is 7.80. The molecule has 0 saturated carbocycles. The highest BCUT2D eigenvalue weighted by molar-refractivity contribution is 6.23. The van der Waals surface area contributed by atoms with E-state index in [0.29, 0.717) is 12.0 Å². The van der Waals surface area contributed by atoms with Crippen molar-refractivity contribution in [1.82, 2.24) is 14.9 Å². The van der Waals surface area contributed by atoms with Crippen molar-refractivity contribution in [2.45, 2.75) is 51.0 Å². The zero-order chi connectivity index (χ0) is 32.6. The summed E-state index contributed by atoms with van der Waals surface area (Å²) >= 11 is 0.